The number of anilines is 1. The number of amides is 1. The van der Waals surface area contributed by atoms with Crippen LogP contribution in [-0.2, 0) is 16.6 Å². The Kier molecular flexibility index (Phi) is 6.99. The molecule has 2 aromatic carbocycles. The molecule has 1 aliphatic rings. The fourth-order valence-corrected chi connectivity index (χ4v) is 4.41. The van der Waals surface area contributed by atoms with Crippen molar-refractivity contribution in [3.05, 3.63) is 59.2 Å². The lowest BCUT2D eigenvalue weighted by Gasteiger charge is -2.25. The third-order valence-electron chi connectivity index (χ3n) is 5.31. The third-order valence-corrected chi connectivity index (χ3v) is 5.90. The molecule has 7 nitrogen and oxygen atoms in total. The van der Waals surface area contributed by atoms with Crippen molar-refractivity contribution in [2.45, 2.75) is 32.4 Å². The monoisotopic (exact) mass is 431 g/mol. The Balaban J connectivity index is 1.70. The summed E-state index contributed by atoms with van der Waals surface area (Å²) in [5, 5.41) is 3.00. The second kappa shape index (κ2) is 9.49. The lowest BCUT2D eigenvalue weighted by Crippen LogP contribution is -2.40. The van der Waals surface area contributed by atoms with E-state index in [4.69, 9.17) is 4.74 Å². The summed E-state index contributed by atoms with van der Waals surface area (Å²) in [6, 6.07) is 13.8. The summed E-state index contributed by atoms with van der Waals surface area (Å²) in [6.07, 6.45) is 3.21. The zero-order chi connectivity index (χ0) is 21.7. The second-order valence-electron chi connectivity index (χ2n) is 7.70. The number of likely N-dealkylation sites (tertiary alicyclic amines) is 1. The van der Waals surface area contributed by atoms with Gasteiger partial charge in [0.05, 0.1) is 24.6 Å². The highest BCUT2D eigenvalue weighted by Crippen LogP contribution is 2.27. The topological polar surface area (TPSA) is 87.7 Å². The molecule has 8 heteroatoms. The van der Waals surface area contributed by atoms with E-state index in [0.29, 0.717) is 29.1 Å². The number of benzene rings is 2. The van der Waals surface area contributed by atoms with Gasteiger partial charge in [-0.25, -0.2) is 8.42 Å². The molecule has 1 fully saturated rings. The van der Waals surface area contributed by atoms with Crippen LogP contribution in [0, 0.1) is 6.92 Å². The molecule has 2 aromatic rings. The molecule has 30 heavy (non-hydrogen) atoms. The van der Waals surface area contributed by atoms with Crippen molar-refractivity contribution in [2.24, 2.45) is 0 Å². The predicted octanol–water partition coefficient (Wildman–Crippen LogP) is 2.77. The number of sulfonamides is 1. The predicted molar refractivity (Wildman–Crippen MR) is 118 cm³/mol. The highest BCUT2D eigenvalue weighted by molar-refractivity contribution is 7.92. The fraction of sp³-hybridized carbons (Fsp3) is 0.409. The maximum absolute atomic E-state index is 12.9. The van der Waals surface area contributed by atoms with E-state index in [1.54, 1.807) is 13.0 Å². The summed E-state index contributed by atoms with van der Waals surface area (Å²) in [5.41, 5.74) is 2.61. The Morgan fingerprint density at radius 2 is 1.97 bits per heavy atom. The number of nitrogens with one attached hydrogen (secondary N) is 2. The van der Waals surface area contributed by atoms with Crippen LogP contribution in [-0.4, -0.2) is 51.7 Å². The van der Waals surface area contributed by atoms with E-state index >= 15 is 0 Å². The van der Waals surface area contributed by atoms with E-state index in [2.05, 4.69) is 27.1 Å². The molecule has 3 rings (SSSR count). The van der Waals surface area contributed by atoms with Gasteiger partial charge in [-0.1, -0.05) is 30.3 Å². The van der Waals surface area contributed by atoms with Crippen molar-refractivity contribution in [3.8, 4) is 5.75 Å². The normalized spacial score (nSPS) is 17.0. The van der Waals surface area contributed by atoms with Crippen molar-refractivity contribution < 1.29 is 17.9 Å². The molecule has 1 heterocycles. The van der Waals surface area contributed by atoms with E-state index in [9.17, 15) is 13.2 Å². The summed E-state index contributed by atoms with van der Waals surface area (Å²) < 4.78 is 31.1. The number of methoxy groups -OCH3 is 1. The number of hydrogen-bond acceptors (Lipinski definition) is 5. The molecule has 1 amide bonds. The minimum atomic E-state index is -3.45. The fourth-order valence-electron chi connectivity index (χ4n) is 3.80. The maximum Gasteiger partial charge on any atom is 0.255 e. The highest BCUT2D eigenvalue weighted by Gasteiger charge is 2.25. The number of nitrogens with zero attached hydrogens (tertiary/aromatic N) is 1. The molecule has 0 radical (unpaired) electrons. The summed E-state index contributed by atoms with van der Waals surface area (Å²) >= 11 is 0. The summed E-state index contributed by atoms with van der Waals surface area (Å²) in [5.74, 6) is 0.131. The number of hydrogen-bond donors (Lipinski definition) is 2. The van der Waals surface area contributed by atoms with Crippen molar-refractivity contribution >= 4 is 21.6 Å². The van der Waals surface area contributed by atoms with Crippen LogP contribution in [0.25, 0.3) is 0 Å². The molecule has 1 saturated heterocycles. The highest BCUT2D eigenvalue weighted by atomic mass is 32.2. The molecule has 1 aliphatic heterocycles. The van der Waals surface area contributed by atoms with Gasteiger partial charge in [-0.05, 0) is 49.6 Å². The van der Waals surface area contributed by atoms with Crippen molar-refractivity contribution in [1.82, 2.24) is 10.2 Å². The van der Waals surface area contributed by atoms with Gasteiger partial charge in [-0.2, -0.15) is 0 Å². The minimum absolute atomic E-state index is 0.263. The van der Waals surface area contributed by atoms with Crippen molar-refractivity contribution in [3.63, 3.8) is 0 Å². The molecule has 162 valence electrons. The first-order valence-corrected chi connectivity index (χ1v) is 11.9. The first-order valence-electron chi connectivity index (χ1n) is 9.99. The van der Waals surface area contributed by atoms with Gasteiger partial charge in [0.2, 0.25) is 10.0 Å². The summed E-state index contributed by atoms with van der Waals surface area (Å²) in [4.78, 5) is 15.3. The molecule has 0 bridgehead atoms. The Labute approximate surface area is 178 Å². The van der Waals surface area contributed by atoms with Crippen LogP contribution in [0.4, 0.5) is 5.69 Å². The van der Waals surface area contributed by atoms with Crippen LogP contribution in [0.15, 0.2) is 42.5 Å². The lowest BCUT2D eigenvalue weighted by atomic mass is 10.1. The van der Waals surface area contributed by atoms with Gasteiger partial charge in [0.15, 0.2) is 0 Å². The number of carbonyl (C=O) groups is 1. The van der Waals surface area contributed by atoms with Crippen LogP contribution in [0.5, 0.6) is 5.75 Å². The van der Waals surface area contributed by atoms with Gasteiger partial charge in [0, 0.05) is 19.1 Å². The number of carbonyl (C=O) groups excluding carboxylic acids is 1. The van der Waals surface area contributed by atoms with Gasteiger partial charge in [-0.15, -0.1) is 0 Å². The molecule has 0 aliphatic carbocycles. The lowest BCUT2D eigenvalue weighted by molar-refractivity contribution is 0.0937. The molecule has 0 saturated carbocycles. The van der Waals surface area contributed by atoms with Crippen molar-refractivity contribution in [1.29, 1.82) is 0 Å². The van der Waals surface area contributed by atoms with Gasteiger partial charge < -0.3 is 10.1 Å². The van der Waals surface area contributed by atoms with Crippen molar-refractivity contribution in [2.75, 3.05) is 31.2 Å². The SMILES string of the molecule is COc1cc(C)c(NS(C)(=O)=O)cc1C(=O)NCC1CCCN1Cc1ccccc1. The first-order chi connectivity index (χ1) is 14.3. The van der Waals surface area contributed by atoms with Crippen LogP contribution < -0.4 is 14.8 Å². The Bertz CT molecular complexity index is 993. The van der Waals surface area contributed by atoms with Crippen LogP contribution in [0.2, 0.25) is 0 Å². The van der Waals surface area contributed by atoms with E-state index in [1.807, 2.05) is 18.2 Å². The summed E-state index contributed by atoms with van der Waals surface area (Å²) in [7, 11) is -1.96. The van der Waals surface area contributed by atoms with E-state index < -0.39 is 10.0 Å². The molecule has 1 unspecified atom stereocenters. The molecule has 0 aromatic heterocycles. The zero-order valence-electron chi connectivity index (χ0n) is 17.6. The van der Waals surface area contributed by atoms with Crippen LogP contribution >= 0.6 is 0 Å². The Hall–Kier alpha value is -2.58. The first kappa shape index (κ1) is 22.1. The average Bonchev–Trinajstić information content (AvgIpc) is 3.14. The minimum Gasteiger partial charge on any atom is -0.496 e. The van der Waals surface area contributed by atoms with Gasteiger partial charge in [-0.3, -0.25) is 14.4 Å². The van der Waals surface area contributed by atoms with Gasteiger partial charge in [0.1, 0.15) is 5.75 Å². The molecule has 1 atom stereocenters. The number of ether oxygens (including phenoxy) is 1. The molecular formula is C22H29N3O4S. The number of rotatable bonds is 8. The van der Waals surface area contributed by atoms with E-state index in [0.717, 1.165) is 32.2 Å². The quantitative estimate of drug-likeness (QED) is 0.671. The molecule has 2 N–H and O–H groups in total. The van der Waals surface area contributed by atoms with Crippen LogP contribution in [0.3, 0.4) is 0 Å². The zero-order valence-corrected chi connectivity index (χ0v) is 18.5. The van der Waals surface area contributed by atoms with Gasteiger partial charge in [0.25, 0.3) is 5.91 Å². The smallest absolute Gasteiger partial charge is 0.255 e. The molecular weight excluding hydrogens is 402 g/mol. The van der Waals surface area contributed by atoms with Crippen LogP contribution in [0.1, 0.15) is 34.3 Å². The van der Waals surface area contributed by atoms with E-state index in [1.165, 1.54) is 18.7 Å². The Morgan fingerprint density at radius 3 is 2.63 bits per heavy atom. The van der Waals surface area contributed by atoms with Gasteiger partial charge >= 0.3 is 0 Å². The standard InChI is InChI=1S/C22H29N3O4S/c1-16-12-21(29-2)19(13-20(16)24-30(3,27)28)22(26)23-14-18-10-7-11-25(18)15-17-8-5-4-6-9-17/h4-6,8-9,12-13,18,24H,7,10-11,14-15H2,1-3H3,(H,23,26). The largest absolute Gasteiger partial charge is 0.496 e. The maximum atomic E-state index is 12.9. The second-order valence-corrected chi connectivity index (χ2v) is 9.45. The third kappa shape index (κ3) is 5.73. The average molecular weight is 432 g/mol. The number of aryl methyl sites for hydroxylation is 1. The Morgan fingerprint density at radius 1 is 1.23 bits per heavy atom. The molecule has 0 spiro atoms. The summed E-state index contributed by atoms with van der Waals surface area (Å²) in [6.45, 7) is 4.15. The van der Waals surface area contributed by atoms with E-state index in [-0.39, 0.29) is 11.9 Å².